The van der Waals surface area contributed by atoms with E-state index in [0.717, 1.165) is 41.8 Å². The van der Waals surface area contributed by atoms with Crippen LogP contribution < -0.4 is 10.2 Å². The molecule has 2 atom stereocenters. The lowest BCUT2D eigenvalue weighted by molar-refractivity contribution is -0.938. The van der Waals surface area contributed by atoms with Gasteiger partial charge in [-0.15, -0.1) is 0 Å². The quantitative estimate of drug-likeness (QED) is 0.819. The van der Waals surface area contributed by atoms with Gasteiger partial charge in [0.25, 0.3) is 5.91 Å². The van der Waals surface area contributed by atoms with E-state index in [9.17, 15) is 9.18 Å². The number of carbonyl (C=O) groups is 1. The third-order valence-corrected chi connectivity index (χ3v) is 5.30. The van der Waals surface area contributed by atoms with Gasteiger partial charge in [-0.25, -0.2) is 4.39 Å². The minimum absolute atomic E-state index is 0.0454. The molecule has 3 rings (SSSR count). The van der Waals surface area contributed by atoms with Crippen LogP contribution in [-0.4, -0.2) is 18.0 Å². The molecule has 0 aromatic heterocycles. The van der Waals surface area contributed by atoms with Crippen molar-refractivity contribution >= 4 is 11.6 Å². The summed E-state index contributed by atoms with van der Waals surface area (Å²) in [6.07, 6.45) is 2.30. The largest absolute Gasteiger partial charge is 0.320 e. The number of hydrogen-bond donors (Lipinski definition) is 2. The summed E-state index contributed by atoms with van der Waals surface area (Å²) in [4.78, 5) is 14.2. The number of amides is 1. The highest BCUT2D eigenvalue weighted by Crippen LogP contribution is 2.22. The smallest absolute Gasteiger partial charge is 0.282 e. The van der Waals surface area contributed by atoms with Crippen molar-refractivity contribution in [2.45, 2.75) is 59.2 Å². The molecule has 1 unspecified atom stereocenters. The molecule has 2 N–H and O–H groups in total. The number of hydrogen-bond acceptors (Lipinski definition) is 1. The predicted molar refractivity (Wildman–Crippen MR) is 103 cm³/mol. The Hall–Kier alpha value is -2.20. The van der Waals surface area contributed by atoms with Gasteiger partial charge in [-0.05, 0) is 51.0 Å². The zero-order valence-electron chi connectivity index (χ0n) is 16.0. The molecule has 1 fully saturated rings. The van der Waals surface area contributed by atoms with Gasteiger partial charge in [-0.3, -0.25) is 4.79 Å². The number of carbonyl (C=O) groups excluding carboxylic acids is 1. The van der Waals surface area contributed by atoms with Gasteiger partial charge in [-0.2, -0.15) is 0 Å². The molecule has 26 heavy (non-hydrogen) atoms. The van der Waals surface area contributed by atoms with Crippen LogP contribution in [0.4, 0.5) is 10.1 Å². The van der Waals surface area contributed by atoms with E-state index >= 15 is 0 Å². The molecule has 3 nitrogen and oxygen atoms in total. The Balaban J connectivity index is 1.74. The lowest BCUT2D eigenvalue weighted by Crippen LogP contribution is -3.16. The van der Waals surface area contributed by atoms with Crippen molar-refractivity contribution in [1.82, 2.24) is 0 Å². The van der Waals surface area contributed by atoms with Crippen molar-refractivity contribution in [2.75, 3.05) is 5.32 Å². The van der Waals surface area contributed by atoms with E-state index in [1.165, 1.54) is 22.6 Å². The number of rotatable bonds is 6. The number of anilines is 1. The summed E-state index contributed by atoms with van der Waals surface area (Å²) in [5.41, 5.74) is 5.37. The van der Waals surface area contributed by atoms with Crippen LogP contribution in [0.5, 0.6) is 0 Å². The zero-order chi connectivity index (χ0) is 18.8. The standard InChI is InChI=1S/C22H27FN2O/c1-14-11-15(2)21(16(3)12-14)24-22(26)17(4)25(20-9-10-20)13-18-5-7-19(23)8-6-18/h5-8,11-12,17,20H,9-10,13H2,1-4H3,(H,24,26)/p+1/t17-/m0/s1. The molecule has 0 radical (unpaired) electrons. The molecule has 1 aliphatic carbocycles. The maximum absolute atomic E-state index is 13.2. The van der Waals surface area contributed by atoms with E-state index in [4.69, 9.17) is 0 Å². The molecule has 4 heteroatoms. The molecular formula is C22H28FN2O+. The third-order valence-electron chi connectivity index (χ3n) is 5.30. The normalized spacial score (nSPS) is 16.2. The average molecular weight is 355 g/mol. The van der Waals surface area contributed by atoms with Crippen LogP contribution in [0.3, 0.4) is 0 Å². The number of halogens is 1. The number of nitrogens with one attached hydrogen (secondary N) is 2. The summed E-state index contributed by atoms with van der Waals surface area (Å²) >= 11 is 0. The molecule has 138 valence electrons. The Labute approximate surface area is 155 Å². The van der Waals surface area contributed by atoms with Crippen molar-refractivity contribution in [3.63, 3.8) is 0 Å². The van der Waals surface area contributed by atoms with E-state index in [0.29, 0.717) is 6.04 Å². The van der Waals surface area contributed by atoms with Crippen molar-refractivity contribution < 1.29 is 14.1 Å². The minimum Gasteiger partial charge on any atom is -0.320 e. The summed E-state index contributed by atoms with van der Waals surface area (Å²) in [6.45, 7) is 8.86. The first-order valence-electron chi connectivity index (χ1n) is 9.34. The van der Waals surface area contributed by atoms with Crippen molar-refractivity contribution in [2.24, 2.45) is 0 Å². The maximum Gasteiger partial charge on any atom is 0.282 e. The highest BCUT2D eigenvalue weighted by atomic mass is 19.1. The molecule has 2 aromatic rings. The molecule has 1 amide bonds. The Bertz CT molecular complexity index is 773. The van der Waals surface area contributed by atoms with Crippen LogP contribution >= 0.6 is 0 Å². The van der Waals surface area contributed by atoms with E-state index in [-0.39, 0.29) is 17.8 Å². The van der Waals surface area contributed by atoms with Gasteiger partial charge in [0.05, 0.1) is 6.04 Å². The van der Waals surface area contributed by atoms with Crippen molar-refractivity contribution in [1.29, 1.82) is 0 Å². The lowest BCUT2D eigenvalue weighted by atomic mass is 10.0. The van der Waals surface area contributed by atoms with Crippen LogP contribution in [0, 0.1) is 26.6 Å². The van der Waals surface area contributed by atoms with Gasteiger partial charge in [0.15, 0.2) is 6.04 Å². The monoisotopic (exact) mass is 355 g/mol. The fourth-order valence-corrected chi connectivity index (χ4v) is 3.72. The van der Waals surface area contributed by atoms with E-state index < -0.39 is 0 Å². The summed E-state index contributed by atoms with van der Waals surface area (Å²) in [6, 6.07) is 11.2. The number of quaternary nitrogens is 1. The summed E-state index contributed by atoms with van der Waals surface area (Å²) in [5.74, 6) is -0.179. The van der Waals surface area contributed by atoms with Gasteiger partial charge in [0.2, 0.25) is 0 Å². The fourth-order valence-electron chi connectivity index (χ4n) is 3.72. The van der Waals surface area contributed by atoms with E-state index in [1.54, 1.807) is 0 Å². The summed E-state index contributed by atoms with van der Waals surface area (Å²) in [7, 11) is 0. The van der Waals surface area contributed by atoms with Gasteiger partial charge >= 0.3 is 0 Å². The van der Waals surface area contributed by atoms with Crippen LogP contribution in [0.1, 0.15) is 42.0 Å². The number of benzene rings is 2. The number of aryl methyl sites for hydroxylation is 3. The second-order valence-corrected chi connectivity index (χ2v) is 7.64. The van der Waals surface area contributed by atoms with Gasteiger partial charge in [-0.1, -0.05) is 29.8 Å². The Morgan fingerprint density at radius 1 is 1.15 bits per heavy atom. The molecular weight excluding hydrogens is 327 g/mol. The second-order valence-electron chi connectivity index (χ2n) is 7.64. The zero-order valence-corrected chi connectivity index (χ0v) is 16.0. The van der Waals surface area contributed by atoms with Crippen LogP contribution in [-0.2, 0) is 11.3 Å². The molecule has 1 saturated carbocycles. The predicted octanol–water partition coefficient (Wildman–Crippen LogP) is 3.33. The van der Waals surface area contributed by atoms with E-state index in [2.05, 4.69) is 24.4 Å². The topological polar surface area (TPSA) is 33.5 Å². The Morgan fingerprint density at radius 3 is 2.27 bits per heavy atom. The SMILES string of the molecule is Cc1cc(C)c(NC(=O)[C@H](C)[NH+](Cc2ccc(F)cc2)C2CC2)c(C)c1. The molecule has 0 saturated heterocycles. The Morgan fingerprint density at radius 2 is 1.73 bits per heavy atom. The minimum atomic E-state index is -0.224. The van der Waals surface area contributed by atoms with E-state index in [1.807, 2.05) is 32.9 Å². The average Bonchev–Trinajstić information content (AvgIpc) is 3.41. The summed E-state index contributed by atoms with van der Waals surface area (Å²) < 4.78 is 13.2. The first kappa shape index (κ1) is 18.6. The molecule has 0 heterocycles. The maximum atomic E-state index is 13.2. The van der Waals surface area contributed by atoms with Crippen molar-refractivity contribution in [3.8, 4) is 0 Å². The third kappa shape index (κ3) is 4.31. The van der Waals surface area contributed by atoms with Gasteiger partial charge < -0.3 is 10.2 Å². The van der Waals surface area contributed by atoms with Crippen LogP contribution in [0.2, 0.25) is 0 Å². The highest BCUT2D eigenvalue weighted by Gasteiger charge is 2.39. The first-order chi connectivity index (χ1) is 12.3. The van der Waals surface area contributed by atoms with Crippen molar-refractivity contribution in [3.05, 3.63) is 64.5 Å². The highest BCUT2D eigenvalue weighted by molar-refractivity contribution is 5.95. The molecule has 0 aliphatic heterocycles. The fraction of sp³-hybridized carbons (Fsp3) is 0.409. The summed E-state index contributed by atoms with van der Waals surface area (Å²) in [5, 5.41) is 3.14. The molecule has 2 aromatic carbocycles. The Kier molecular flexibility index (Phi) is 5.42. The lowest BCUT2D eigenvalue weighted by Gasteiger charge is -2.26. The molecule has 0 bridgehead atoms. The van der Waals surface area contributed by atoms with Crippen LogP contribution in [0.15, 0.2) is 36.4 Å². The second kappa shape index (κ2) is 7.58. The molecule has 0 spiro atoms. The first-order valence-corrected chi connectivity index (χ1v) is 9.34. The molecule has 1 aliphatic rings. The van der Waals surface area contributed by atoms with Crippen LogP contribution in [0.25, 0.3) is 0 Å². The van der Waals surface area contributed by atoms with Gasteiger partial charge in [0, 0.05) is 24.1 Å². The van der Waals surface area contributed by atoms with Gasteiger partial charge in [0.1, 0.15) is 12.4 Å².